The highest BCUT2D eigenvalue weighted by Crippen LogP contribution is 2.39. The van der Waals surface area contributed by atoms with Gasteiger partial charge < -0.3 is 10.1 Å². The van der Waals surface area contributed by atoms with E-state index in [0.717, 1.165) is 27.0 Å². The predicted octanol–water partition coefficient (Wildman–Crippen LogP) is 4.65. The summed E-state index contributed by atoms with van der Waals surface area (Å²) in [6.07, 6.45) is 3.85. The largest absolute Gasteiger partial charge is 0.465 e. The van der Waals surface area contributed by atoms with E-state index in [1.165, 1.54) is 7.11 Å². The fourth-order valence-corrected chi connectivity index (χ4v) is 3.57. The fraction of sp³-hybridized carbons (Fsp3) is 0.200. The first-order valence-electron chi connectivity index (χ1n) is 7.96. The number of ether oxygens (including phenoxy) is 1. The third-order valence-corrected chi connectivity index (χ3v) is 4.69. The molecule has 0 aliphatic carbocycles. The van der Waals surface area contributed by atoms with Crippen LogP contribution in [0, 0.1) is 0 Å². The standard InChI is InChI=1S/C20H19BrN2O2/c1-12-10-17(14-6-4-7-15(21)11-14)18(13(2)23-12)19-16(20(24)25-3)8-5-9-22-19/h4-11,17,23H,1-3H3. The zero-order chi connectivity index (χ0) is 18.0. The zero-order valence-electron chi connectivity index (χ0n) is 14.3. The lowest BCUT2D eigenvalue weighted by molar-refractivity contribution is 0.0600. The molecule has 1 aromatic heterocycles. The zero-order valence-corrected chi connectivity index (χ0v) is 15.9. The van der Waals surface area contributed by atoms with Gasteiger partial charge in [-0.05, 0) is 43.7 Å². The molecular formula is C20H19BrN2O2. The molecule has 0 bridgehead atoms. The predicted molar refractivity (Wildman–Crippen MR) is 102 cm³/mol. The number of allylic oxidation sites excluding steroid dienone is 4. The number of nitrogens with one attached hydrogen (secondary N) is 1. The summed E-state index contributed by atoms with van der Waals surface area (Å²) in [7, 11) is 1.38. The molecule has 0 spiro atoms. The minimum Gasteiger partial charge on any atom is -0.465 e. The minimum absolute atomic E-state index is 0.00273. The Bertz CT molecular complexity index is 887. The molecule has 0 fully saturated rings. The van der Waals surface area contributed by atoms with Gasteiger partial charge in [0, 0.05) is 33.6 Å². The van der Waals surface area contributed by atoms with Gasteiger partial charge in [-0.2, -0.15) is 0 Å². The molecular weight excluding hydrogens is 380 g/mol. The van der Waals surface area contributed by atoms with Gasteiger partial charge in [0.2, 0.25) is 0 Å². The van der Waals surface area contributed by atoms with Crippen molar-refractivity contribution in [2.75, 3.05) is 7.11 Å². The van der Waals surface area contributed by atoms with Crippen LogP contribution in [-0.4, -0.2) is 18.1 Å². The van der Waals surface area contributed by atoms with Gasteiger partial charge in [-0.3, -0.25) is 4.98 Å². The molecule has 4 nitrogen and oxygen atoms in total. The SMILES string of the molecule is COC(=O)c1cccnc1C1=C(C)NC(C)=CC1c1cccc(Br)c1. The van der Waals surface area contributed by atoms with Crippen LogP contribution in [0.2, 0.25) is 0 Å². The summed E-state index contributed by atoms with van der Waals surface area (Å²) in [5.41, 5.74) is 5.27. The number of halogens is 1. The number of pyridine rings is 1. The van der Waals surface area contributed by atoms with Crippen LogP contribution in [0.25, 0.3) is 5.57 Å². The van der Waals surface area contributed by atoms with Crippen molar-refractivity contribution in [3.05, 3.63) is 81.4 Å². The smallest absolute Gasteiger partial charge is 0.340 e. The fourth-order valence-electron chi connectivity index (χ4n) is 3.15. The highest BCUT2D eigenvalue weighted by Gasteiger charge is 2.27. The van der Waals surface area contributed by atoms with Gasteiger partial charge in [-0.25, -0.2) is 4.79 Å². The number of esters is 1. The van der Waals surface area contributed by atoms with Crippen LogP contribution in [0.4, 0.5) is 0 Å². The minimum atomic E-state index is -0.386. The molecule has 0 amide bonds. The quantitative estimate of drug-likeness (QED) is 0.764. The Morgan fingerprint density at radius 1 is 1.24 bits per heavy atom. The van der Waals surface area contributed by atoms with E-state index in [2.05, 4.69) is 44.4 Å². The van der Waals surface area contributed by atoms with Crippen LogP contribution < -0.4 is 5.32 Å². The van der Waals surface area contributed by atoms with E-state index in [-0.39, 0.29) is 11.9 Å². The molecule has 128 valence electrons. The van der Waals surface area contributed by atoms with Crippen molar-refractivity contribution < 1.29 is 9.53 Å². The van der Waals surface area contributed by atoms with E-state index in [1.54, 1.807) is 18.3 Å². The monoisotopic (exact) mass is 398 g/mol. The molecule has 2 aromatic rings. The number of methoxy groups -OCH3 is 1. The lowest BCUT2D eigenvalue weighted by atomic mass is 9.83. The van der Waals surface area contributed by atoms with Gasteiger partial charge in [0.05, 0.1) is 18.4 Å². The van der Waals surface area contributed by atoms with Crippen LogP contribution in [0.1, 0.15) is 41.4 Å². The van der Waals surface area contributed by atoms with E-state index < -0.39 is 0 Å². The molecule has 0 radical (unpaired) electrons. The van der Waals surface area contributed by atoms with Crippen molar-refractivity contribution in [3.63, 3.8) is 0 Å². The van der Waals surface area contributed by atoms with Crippen molar-refractivity contribution in [2.24, 2.45) is 0 Å². The first-order chi connectivity index (χ1) is 12.0. The number of aromatic nitrogens is 1. The van der Waals surface area contributed by atoms with E-state index in [4.69, 9.17) is 4.74 Å². The molecule has 0 saturated carbocycles. The summed E-state index contributed by atoms with van der Waals surface area (Å²) >= 11 is 3.54. The molecule has 5 heteroatoms. The molecule has 1 atom stereocenters. The van der Waals surface area contributed by atoms with Crippen molar-refractivity contribution in [2.45, 2.75) is 19.8 Å². The number of hydrogen-bond donors (Lipinski definition) is 1. The molecule has 1 aliphatic heterocycles. The van der Waals surface area contributed by atoms with E-state index in [0.29, 0.717) is 11.3 Å². The Hall–Kier alpha value is -2.40. The first kappa shape index (κ1) is 17.4. The van der Waals surface area contributed by atoms with E-state index in [1.807, 2.05) is 26.0 Å². The highest BCUT2D eigenvalue weighted by molar-refractivity contribution is 9.10. The molecule has 1 unspecified atom stereocenters. The number of benzene rings is 1. The van der Waals surface area contributed by atoms with Gasteiger partial charge >= 0.3 is 5.97 Å². The normalized spacial score (nSPS) is 17.0. The summed E-state index contributed by atoms with van der Waals surface area (Å²) in [5, 5.41) is 3.36. The molecule has 0 saturated heterocycles. The van der Waals surface area contributed by atoms with Crippen LogP contribution in [0.15, 0.2) is 64.5 Å². The number of nitrogens with zero attached hydrogens (tertiary/aromatic N) is 1. The molecule has 1 N–H and O–H groups in total. The third kappa shape index (κ3) is 3.51. The molecule has 1 aromatic carbocycles. The maximum Gasteiger partial charge on any atom is 0.340 e. The van der Waals surface area contributed by atoms with E-state index >= 15 is 0 Å². The van der Waals surface area contributed by atoms with Crippen molar-refractivity contribution in [1.82, 2.24) is 10.3 Å². The molecule has 3 rings (SSSR count). The van der Waals surface area contributed by atoms with Gasteiger partial charge in [-0.1, -0.05) is 34.1 Å². The first-order valence-corrected chi connectivity index (χ1v) is 8.76. The Morgan fingerprint density at radius 2 is 2.04 bits per heavy atom. The Kier molecular flexibility index (Phi) is 5.04. The number of carbonyl (C=O) groups excluding carboxylic acids is 1. The lowest BCUT2D eigenvalue weighted by Gasteiger charge is -2.27. The summed E-state index contributed by atoms with van der Waals surface area (Å²) < 4.78 is 5.95. The average Bonchev–Trinajstić information content (AvgIpc) is 2.60. The number of carbonyl (C=O) groups is 1. The lowest BCUT2D eigenvalue weighted by Crippen LogP contribution is -2.21. The second-order valence-electron chi connectivity index (χ2n) is 5.94. The number of hydrogen-bond acceptors (Lipinski definition) is 4. The molecule has 2 heterocycles. The highest BCUT2D eigenvalue weighted by atomic mass is 79.9. The van der Waals surface area contributed by atoms with Gasteiger partial charge in [0.1, 0.15) is 0 Å². The van der Waals surface area contributed by atoms with Crippen LogP contribution >= 0.6 is 15.9 Å². The summed E-state index contributed by atoms with van der Waals surface area (Å²) in [4.78, 5) is 16.7. The third-order valence-electron chi connectivity index (χ3n) is 4.19. The second-order valence-corrected chi connectivity index (χ2v) is 6.85. The van der Waals surface area contributed by atoms with Crippen LogP contribution in [-0.2, 0) is 4.74 Å². The maximum atomic E-state index is 12.2. The number of rotatable bonds is 3. The summed E-state index contributed by atoms with van der Waals surface area (Å²) in [6.45, 7) is 4.04. The number of dihydropyridines is 1. The Balaban J connectivity index is 2.19. The van der Waals surface area contributed by atoms with E-state index in [9.17, 15) is 4.79 Å². The van der Waals surface area contributed by atoms with Gasteiger partial charge in [-0.15, -0.1) is 0 Å². The van der Waals surface area contributed by atoms with Gasteiger partial charge in [0.15, 0.2) is 0 Å². The van der Waals surface area contributed by atoms with Crippen LogP contribution in [0.3, 0.4) is 0 Å². The maximum absolute atomic E-state index is 12.2. The Labute approximate surface area is 155 Å². The summed E-state index contributed by atoms with van der Waals surface area (Å²) in [6, 6.07) is 11.7. The average molecular weight is 399 g/mol. The molecule has 25 heavy (non-hydrogen) atoms. The Morgan fingerprint density at radius 3 is 2.76 bits per heavy atom. The van der Waals surface area contributed by atoms with Crippen molar-refractivity contribution in [1.29, 1.82) is 0 Å². The summed E-state index contributed by atoms with van der Waals surface area (Å²) in [5.74, 6) is -0.389. The van der Waals surface area contributed by atoms with Crippen LogP contribution in [0.5, 0.6) is 0 Å². The van der Waals surface area contributed by atoms with Crippen molar-refractivity contribution >= 4 is 27.5 Å². The second kappa shape index (κ2) is 7.23. The van der Waals surface area contributed by atoms with Gasteiger partial charge in [0.25, 0.3) is 0 Å². The molecule has 1 aliphatic rings. The van der Waals surface area contributed by atoms with Crippen molar-refractivity contribution in [3.8, 4) is 0 Å². The topological polar surface area (TPSA) is 51.2 Å².